The molecule has 1 aromatic carbocycles. The van der Waals surface area contributed by atoms with Gasteiger partial charge in [-0.1, -0.05) is 30.3 Å². The van der Waals surface area contributed by atoms with Gasteiger partial charge in [-0.3, -0.25) is 4.90 Å². The number of hydrogen-bond acceptors (Lipinski definition) is 3. The Labute approximate surface area is 115 Å². The quantitative estimate of drug-likeness (QED) is 0.838. The van der Waals surface area contributed by atoms with E-state index in [1.807, 2.05) is 6.07 Å². The van der Waals surface area contributed by atoms with E-state index in [1.165, 1.54) is 11.8 Å². The summed E-state index contributed by atoms with van der Waals surface area (Å²) in [5.74, 6) is 0. The zero-order valence-electron chi connectivity index (χ0n) is 11.2. The van der Waals surface area contributed by atoms with Crippen molar-refractivity contribution in [3.05, 3.63) is 35.9 Å². The van der Waals surface area contributed by atoms with Gasteiger partial charge >= 0.3 is 0 Å². The van der Waals surface area contributed by atoms with Crippen molar-refractivity contribution in [1.29, 1.82) is 0 Å². The molecule has 2 aliphatic heterocycles. The van der Waals surface area contributed by atoms with Crippen LogP contribution in [0.2, 0.25) is 0 Å². The molecule has 0 saturated carbocycles. The molecule has 2 bridgehead atoms. The molecule has 2 aliphatic rings. The third-order valence-corrected chi connectivity index (χ3v) is 5.51. The summed E-state index contributed by atoms with van der Waals surface area (Å²) in [6.45, 7) is 2.25. The van der Waals surface area contributed by atoms with Crippen LogP contribution in [0.5, 0.6) is 0 Å². The summed E-state index contributed by atoms with van der Waals surface area (Å²) in [6, 6.07) is 11.2. The Kier molecular flexibility index (Phi) is 3.37. The molecule has 2 atom stereocenters. The lowest BCUT2D eigenvalue weighted by Gasteiger charge is -2.39. The highest BCUT2D eigenvalue weighted by atomic mass is 32.2. The second kappa shape index (κ2) is 4.89. The Hall–Kier alpha value is -0.910. The molecule has 4 nitrogen and oxygen atoms in total. The summed E-state index contributed by atoms with van der Waals surface area (Å²) in [6.07, 6.45) is 3.55. The van der Waals surface area contributed by atoms with Crippen LogP contribution >= 0.6 is 0 Å². The first-order chi connectivity index (χ1) is 9.04. The van der Waals surface area contributed by atoms with Crippen LogP contribution < -0.4 is 0 Å². The Bertz CT molecular complexity index is 530. The van der Waals surface area contributed by atoms with Crippen LogP contribution in [0, 0.1) is 0 Å². The van der Waals surface area contributed by atoms with E-state index < -0.39 is 10.0 Å². The third kappa shape index (κ3) is 2.68. The van der Waals surface area contributed by atoms with Crippen LogP contribution in [0.25, 0.3) is 0 Å². The molecule has 0 aliphatic carbocycles. The van der Waals surface area contributed by atoms with Crippen molar-refractivity contribution in [2.24, 2.45) is 0 Å². The number of benzene rings is 1. The number of nitrogens with zero attached hydrogens (tertiary/aromatic N) is 2. The van der Waals surface area contributed by atoms with Gasteiger partial charge in [-0.2, -0.15) is 4.31 Å². The van der Waals surface area contributed by atoms with Crippen molar-refractivity contribution in [1.82, 2.24) is 9.21 Å². The van der Waals surface area contributed by atoms with Crippen molar-refractivity contribution in [3.63, 3.8) is 0 Å². The fourth-order valence-corrected chi connectivity index (χ4v) is 4.16. The Morgan fingerprint density at radius 2 is 1.68 bits per heavy atom. The second-order valence-electron chi connectivity index (χ2n) is 5.62. The second-order valence-corrected chi connectivity index (χ2v) is 7.61. The van der Waals surface area contributed by atoms with E-state index in [9.17, 15) is 8.42 Å². The van der Waals surface area contributed by atoms with Gasteiger partial charge in [0.2, 0.25) is 10.0 Å². The highest BCUT2D eigenvalue weighted by molar-refractivity contribution is 7.88. The van der Waals surface area contributed by atoms with E-state index in [2.05, 4.69) is 29.2 Å². The smallest absolute Gasteiger partial charge is 0.211 e. The maximum Gasteiger partial charge on any atom is 0.211 e. The molecule has 1 aromatic rings. The van der Waals surface area contributed by atoms with Gasteiger partial charge in [0.25, 0.3) is 0 Å². The first-order valence-corrected chi connectivity index (χ1v) is 8.63. The zero-order valence-corrected chi connectivity index (χ0v) is 12.0. The summed E-state index contributed by atoms with van der Waals surface area (Å²) < 4.78 is 25.0. The minimum atomic E-state index is -3.04. The molecule has 3 rings (SSSR count). The standard InChI is InChI=1S/C14H20N2O2S/c1-19(17,18)15-10-13-7-8-14(11-15)16(13)9-12-5-3-2-4-6-12/h2-6,13-14H,7-11H2,1H3. The molecular weight excluding hydrogens is 260 g/mol. The maximum atomic E-state index is 11.7. The van der Waals surface area contributed by atoms with Crippen LogP contribution in [0.4, 0.5) is 0 Å². The van der Waals surface area contributed by atoms with Gasteiger partial charge in [0.1, 0.15) is 0 Å². The lowest BCUT2D eigenvalue weighted by atomic mass is 10.1. The predicted octanol–water partition coefficient (Wildman–Crippen LogP) is 1.29. The summed E-state index contributed by atoms with van der Waals surface area (Å²) in [5.41, 5.74) is 1.31. The number of rotatable bonds is 3. The molecule has 5 heteroatoms. The zero-order chi connectivity index (χ0) is 13.5. The average Bonchev–Trinajstić information content (AvgIpc) is 2.61. The topological polar surface area (TPSA) is 40.6 Å². The molecule has 0 aromatic heterocycles. The largest absolute Gasteiger partial charge is 0.291 e. The van der Waals surface area contributed by atoms with Gasteiger partial charge in [0, 0.05) is 31.7 Å². The molecule has 2 saturated heterocycles. The highest BCUT2D eigenvalue weighted by Crippen LogP contribution is 2.32. The van der Waals surface area contributed by atoms with Gasteiger partial charge in [-0.05, 0) is 18.4 Å². The molecular formula is C14H20N2O2S. The molecule has 19 heavy (non-hydrogen) atoms. The van der Waals surface area contributed by atoms with Gasteiger partial charge in [0.05, 0.1) is 6.26 Å². The first-order valence-electron chi connectivity index (χ1n) is 6.79. The first kappa shape index (κ1) is 13.1. The summed E-state index contributed by atoms with van der Waals surface area (Å²) in [7, 11) is -3.04. The Balaban J connectivity index is 1.74. The van der Waals surface area contributed by atoms with Gasteiger partial charge in [-0.25, -0.2) is 8.42 Å². The molecule has 2 fully saturated rings. The SMILES string of the molecule is CS(=O)(=O)N1CC2CCC(C1)N2Cc1ccccc1. The number of fused-ring (bicyclic) bond motifs is 2. The van der Waals surface area contributed by atoms with E-state index in [0.717, 1.165) is 19.4 Å². The number of sulfonamides is 1. The molecule has 0 radical (unpaired) electrons. The van der Waals surface area contributed by atoms with Crippen LogP contribution in [-0.2, 0) is 16.6 Å². The van der Waals surface area contributed by atoms with Crippen LogP contribution in [0.3, 0.4) is 0 Å². The molecule has 0 spiro atoms. The summed E-state index contributed by atoms with van der Waals surface area (Å²) >= 11 is 0. The molecule has 2 unspecified atom stereocenters. The summed E-state index contributed by atoms with van der Waals surface area (Å²) in [4.78, 5) is 2.48. The lowest BCUT2D eigenvalue weighted by molar-refractivity contribution is 0.103. The minimum Gasteiger partial charge on any atom is -0.291 e. The van der Waals surface area contributed by atoms with Crippen LogP contribution in [0.1, 0.15) is 18.4 Å². The highest BCUT2D eigenvalue weighted by Gasteiger charge is 2.42. The van der Waals surface area contributed by atoms with E-state index in [1.54, 1.807) is 4.31 Å². The monoisotopic (exact) mass is 280 g/mol. The minimum absolute atomic E-state index is 0.383. The predicted molar refractivity (Wildman–Crippen MR) is 75.2 cm³/mol. The van der Waals surface area contributed by atoms with Crippen LogP contribution in [0.15, 0.2) is 30.3 Å². The fraction of sp³-hybridized carbons (Fsp3) is 0.571. The Morgan fingerprint density at radius 3 is 2.21 bits per heavy atom. The van der Waals surface area contributed by atoms with E-state index in [0.29, 0.717) is 25.2 Å². The number of hydrogen-bond donors (Lipinski definition) is 0. The van der Waals surface area contributed by atoms with Gasteiger partial charge < -0.3 is 0 Å². The lowest BCUT2D eigenvalue weighted by Crippen LogP contribution is -2.54. The molecule has 0 N–H and O–H groups in total. The Morgan fingerprint density at radius 1 is 1.11 bits per heavy atom. The molecule has 0 amide bonds. The van der Waals surface area contributed by atoms with Crippen LogP contribution in [-0.4, -0.2) is 49.1 Å². The van der Waals surface area contributed by atoms with Crippen molar-refractivity contribution < 1.29 is 8.42 Å². The van der Waals surface area contributed by atoms with Crippen molar-refractivity contribution in [2.75, 3.05) is 19.3 Å². The van der Waals surface area contributed by atoms with Gasteiger partial charge in [-0.15, -0.1) is 0 Å². The van der Waals surface area contributed by atoms with Crippen molar-refractivity contribution in [3.8, 4) is 0 Å². The third-order valence-electron chi connectivity index (χ3n) is 4.28. The van der Waals surface area contributed by atoms with Crippen molar-refractivity contribution in [2.45, 2.75) is 31.5 Å². The maximum absolute atomic E-state index is 11.7. The van der Waals surface area contributed by atoms with E-state index in [-0.39, 0.29) is 0 Å². The van der Waals surface area contributed by atoms with Crippen molar-refractivity contribution >= 4 is 10.0 Å². The molecule has 2 heterocycles. The normalized spacial score (nSPS) is 28.7. The summed E-state index contributed by atoms with van der Waals surface area (Å²) in [5, 5.41) is 0. The van der Waals surface area contributed by atoms with Gasteiger partial charge in [0.15, 0.2) is 0 Å². The number of piperazine rings is 1. The molecule has 104 valence electrons. The van der Waals surface area contributed by atoms with E-state index in [4.69, 9.17) is 0 Å². The average molecular weight is 280 g/mol. The van der Waals surface area contributed by atoms with E-state index >= 15 is 0 Å². The fourth-order valence-electron chi connectivity index (χ4n) is 3.27.